The van der Waals surface area contributed by atoms with Gasteiger partial charge in [0.1, 0.15) is 6.04 Å². The number of hydrogen-bond donors (Lipinski definition) is 2. The predicted molar refractivity (Wildman–Crippen MR) is 108 cm³/mol. The fourth-order valence-corrected chi connectivity index (χ4v) is 3.81. The highest BCUT2D eigenvalue weighted by molar-refractivity contribution is 6.30. The van der Waals surface area contributed by atoms with Gasteiger partial charge in [-0.3, -0.25) is 19.7 Å². The average Bonchev–Trinajstić information content (AvgIpc) is 2.97. The van der Waals surface area contributed by atoms with Crippen LogP contribution in [0, 0.1) is 0 Å². The van der Waals surface area contributed by atoms with Crippen LogP contribution >= 0.6 is 11.6 Å². The molecule has 4 rings (SSSR count). The van der Waals surface area contributed by atoms with Crippen molar-refractivity contribution in [3.05, 3.63) is 64.2 Å². The smallest absolute Gasteiger partial charge is 0.255 e. The first-order valence-corrected chi connectivity index (χ1v) is 9.15. The number of hydrogen-bond acceptors (Lipinski definition) is 4. The lowest BCUT2D eigenvalue weighted by Crippen LogP contribution is -2.52. The highest BCUT2D eigenvalue weighted by Crippen LogP contribution is 2.32. The maximum Gasteiger partial charge on any atom is 0.255 e. The molecular formula is C21H22ClN3O3. The summed E-state index contributed by atoms with van der Waals surface area (Å²) < 4.78 is 0. The molecule has 2 aliphatic rings. The summed E-state index contributed by atoms with van der Waals surface area (Å²) in [6.45, 7) is 0.919. The van der Waals surface area contributed by atoms with Crippen LogP contribution in [0.2, 0.25) is 5.02 Å². The first kappa shape index (κ1) is 19.9. The van der Waals surface area contributed by atoms with Crippen LogP contribution in [-0.2, 0) is 22.7 Å². The number of fused-ring (bicyclic) bond motifs is 1. The number of benzene rings is 2. The lowest BCUT2D eigenvalue weighted by atomic mass is 10.0. The van der Waals surface area contributed by atoms with Crippen molar-refractivity contribution in [1.29, 1.82) is 0 Å². The van der Waals surface area contributed by atoms with E-state index in [1.54, 1.807) is 11.0 Å². The van der Waals surface area contributed by atoms with Gasteiger partial charge in [-0.05, 0) is 36.2 Å². The van der Waals surface area contributed by atoms with Crippen molar-refractivity contribution in [3.63, 3.8) is 0 Å². The molecule has 2 aliphatic heterocycles. The molecule has 6 nitrogen and oxygen atoms in total. The monoisotopic (exact) mass is 399 g/mol. The van der Waals surface area contributed by atoms with Gasteiger partial charge in [-0.1, -0.05) is 37.2 Å². The Morgan fingerprint density at radius 2 is 1.93 bits per heavy atom. The minimum atomic E-state index is -0.608. The Bertz CT molecular complexity index is 944. The molecule has 0 saturated carbocycles. The molecule has 2 heterocycles. The number of nitrogens with one attached hydrogen (secondary N) is 2. The molecule has 2 aromatic rings. The van der Waals surface area contributed by atoms with E-state index in [4.69, 9.17) is 11.6 Å². The van der Waals surface area contributed by atoms with Crippen LogP contribution in [0.4, 0.5) is 5.69 Å². The summed E-state index contributed by atoms with van der Waals surface area (Å²) in [6.07, 6.45) is 0.603. The Morgan fingerprint density at radius 3 is 2.68 bits per heavy atom. The van der Waals surface area contributed by atoms with E-state index in [-0.39, 0.29) is 25.7 Å². The normalized spacial score (nSPS) is 18.4. The third-order valence-electron chi connectivity index (χ3n) is 4.95. The summed E-state index contributed by atoms with van der Waals surface area (Å²) in [5.41, 5.74) is 3.35. The van der Waals surface area contributed by atoms with Gasteiger partial charge in [-0.15, -0.1) is 0 Å². The molecule has 1 fully saturated rings. The molecule has 1 unspecified atom stereocenters. The van der Waals surface area contributed by atoms with Gasteiger partial charge in [0.25, 0.3) is 5.91 Å². The molecule has 3 amide bonds. The largest absolute Gasteiger partial charge is 0.381 e. The SMILES string of the molecule is C.O=C1CCC(N2Cc3c(NCc4cccc(Cl)c4)cccc3C2=O)C(=O)N1. The van der Waals surface area contributed by atoms with Crippen molar-refractivity contribution >= 4 is 35.0 Å². The Morgan fingerprint density at radius 1 is 1.14 bits per heavy atom. The van der Waals surface area contributed by atoms with Gasteiger partial charge in [-0.2, -0.15) is 0 Å². The molecule has 0 radical (unpaired) electrons. The van der Waals surface area contributed by atoms with E-state index in [1.165, 1.54) is 0 Å². The number of halogens is 1. The van der Waals surface area contributed by atoms with E-state index < -0.39 is 11.9 Å². The van der Waals surface area contributed by atoms with E-state index in [0.29, 0.717) is 30.1 Å². The first-order chi connectivity index (χ1) is 13.0. The predicted octanol–water partition coefficient (Wildman–Crippen LogP) is 3.35. The number of imide groups is 1. The van der Waals surface area contributed by atoms with Gasteiger partial charge in [0, 0.05) is 41.3 Å². The number of carbonyl (C=O) groups excluding carboxylic acids is 3. The maximum absolute atomic E-state index is 12.8. The molecule has 1 atom stereocenters. The molecule has 0 aliphatic carbocycles. The minimum Gasteiger partial charge on any atom is -0.381 e. The zero-order valence-corrected chi connectivity index (χ0v) is 15.3. The number of anilines is 1. The van der Waals surface area contributed by atoms with Gasteiger partial charge in [0.15, 0.2) is 0 Å². The van der Waals surface area contributed by atoms with Gasteiger partial charge in [0.05, 0.1) is 0 Å². The Balaban J connectivity index is 0.00000225. The highest BCUT2D eigenvalue weighted by atomic mass is 35.5. The number of amides is 3. The van der Waals surface area contributed by atoms with Crippen molar-refractivity contribution in [3.8, 4) is 0 Å². The van der Waals surface area contributed by atoms with Crippen molar-refractivity contribution in [2.45, 2.75) is 39.4 Å². The van der Waals surface area contributed by atoms with Crippen molar-refractivity contribution in [2.24, 2.45) is 0 Å². The van der Waals surface area contributed by atoms with Crippen LogP contribution in [-0.4, -0.2) is 28.7 Å². The van der Waals surface area contributed by atoms with Crippen molar-refractivity contribution in [2.75, 3.05) is 5.32 Å². The van der Waals surface area contributed by atoms with Crippen molar-refractivity contribution < 1.29 is 14.4 Å². The lowest BCUT2D eigenvalue weighted by Gasteiger charge is -2.29. The molecule has 0 bridgehead atoms. The summed E-state index contributed by atoms with van der Waals surface area (Å²) in [7, 11) is 0. The third-order valence-corrected chi connectivity index (χ3v) is 5.19. The number of piperidine rings is 1. The van der Waals surface area contributed by atoms with E-state index in [1.807, 2.05) is 36.4 Å². The average molecular weight is 400 g/mol. The molecule has 2 aromatic carbocycles. The highest BCUT2D eigenvalue weighted by Gasteiger charge is 2.39. The fourth-order valence-electron chi connectivity index (χ4n) is 3.60. The van der Waals surface area contributed by atoms with E-state index in [9.17, 15) is 14.4 Å². The standard InChI is InChI=1S/C20H18ClN3O3.CH4/c21-13-4-1-3-12(9-13)10-22-16-6-2-5-14-15(16)11-24(20(14)27)17-7-8-18(25)23-19(17)26;/h1-6,9,17,22H,7-8,10-11H2,(H,23,25,26);1H4. The summed E-state index contributed by atoms with van der Waals surface area (Å²) in [4.78, 5) is 37.9. The Kier molecular flexibility index (Phi) is 5.70. The zero-order valence-electron chi connectivity index (χ0n) is 14.5. The minimum absolute atomic E-state index is 0. The van der Waals surface area contributed by atoms with Crippen LogP contribution < -0.4 is 10.6 Å². The van der Waals surface area contributed by atoms with E-state index >= 15 is 0 Å². The van der Waals surface area contributed by atoms with Crippen molar-refractivity contribution in [1.82, 2.24) is 10.2 Å². The van der Waals surface area contributed by atoms with E-state index in [0.717, 1.165) is 16.8 Å². The molecule has 0 aromatic heterocycles. The van der Waals surface area contributed by atoms with Gasteiger partial charge in [0.2, 0.25) is 11.8 Å². The molecule has 146 valence electrons. The van der Waals surface area contributed by atoms with Gasteiger partial charge < -0.3 is 10.2 Å². The Labute approximate surface area is 168 Å². The summed E-state index contributed by atoms with van der Waals surface area (Å²) in [5.74, 6) is -0.865. The molecule has 1 saturated heterocycles. The number of rotatable bonds is 4. The molecule has 2 N–H and O–H groups in total. The van der Waals surface area contributed by atoms with Crippen LogP contribution in [0.5, 0.6) is 0 Å². The second-order valence-electron chi connectivity index (χ2n) is 6.72. The first-order valence-electron chi connectivity index (χ1n) is 8.78. The Hall–Kier alpha value is -2.86. The van der Waals surface area contributed by atoms with E-state index in [2.05, 4.69) is 10.6 Å². The van der Waals surface area contributed by atoms with Gasteiger partial charge >= 0.3 is 0 Å². The molecule has 28 heavy (non-hydrogen) atoms. The lowest BCUT2D eigenvalue weighted by molar-refractivity contribution is -0.136. The molecule has 0 spiro atoms. The second kappa shape index (κ2) is 8.02. The fraction of sp³-hybridized carbons (Fsp3) is 0.286. The summed E-state index contributed by atoms with van der Waals surface area (Å²) in [6, 6.07) is 12.5. The van der Waals surface area contributed by atoms with Gasteiger partial charge in [-0.25, -0.2) is 0 Å². The number of nitrogens with zero attached hydrogens (tertiary/aromatic N) is 1. The quantitative estimate of drug-likeness (QED) is 0.773. The summed E-state index contributed by atoms with van der Waals surface area (Å²) in [5, 5.41) is 6.35. The number of carbonyl (C=O) groups is 3. The summed E-state index contributed by atoms with van der Waals surface area (Å²) >= 11 is 6.03. The molecular weight excluding hydrogens is 378 g/mol. The van der Waals surface area contributed by atoms with Crippen LogP contribution in [0.3, 0.4) is 0 Å². The third kappa shape index (κ3) is 3.73. The maximum atomic E-state index is 12.8. The second-order valence-corrected chi connectivity index (χ2v) is 7.15. The topological polar surface area (TPSA) is 78.5 Å². The molecule has 7 heteroatoms. The van der Waals surface area contributed by atoms with Crippen LogP contribution in [0.15, 0.2) is 42.5 Å². The van der Waals surface area contributed by atoms with Crippen LogP contribution in [0.1, 0.15) is 41.8 Å². The zero-order chi connectivity index (χ0) is 19.0. The van der Waals surface area contributed by atoms with Crippen LogP contribution in [0.25, 0.3) is 0 Å².